The van der Waals surface area contributed by atoms with Crippen molar-refractivity contribution in [3.63, 3.8) is 0 Å². The van der Waals surface area contributed by atoms with Crippen LogP contribution < -0.4 is 5.32 Å². The standard InChI is InChI=1S/C14H18BrF2N/c1-10-4-5-12(7-13(10)15)18-9-11-3-2-6-14(16,17)8-11/h4-5,7,11,18H,2-3,6,8-9H2,1H3. The molecule has 1 unspecified atom stereocenters. The molecule has 2 rings (SSSR count). The molecule has 1 aromatic rings. The average molecular weight is 318 g/mol. The number of rotatable bonds is 3. The van der Waals surface area contributed by atoms with E-state index in [4.69, 9.17) is 0 Å². The van der Waals surface area contributed by atoms with Gasteiger partial charge in [0.15, 0.2) is 0 Å². The van der Waals surface area contributed by atoms with Crippen molar-refractivity contribution in [3.05, 3.63) is 28.2 Å². The molecule has 1 aliphatic carbocycles. The van der Waals surface area contributed by atoms with Gasteiger partial charge in [0.25, 0.3) is 0 Å². The first-order valence-corrected chi connectivity index (χ1v) is 7.13. The molecule has 0 aliphatic heterocycles. The molecule has 0 saturated heterocycles. The van der Waals surface area contributed by atoms with E-state index >= 15 is 0 Å². The van der Waals surface area contributed by atoms with Crippen LogP contribution in [0, 0.1) is 12.8 Å². The molecule has 1 aliphatic rings. The van der Waals surface area contributed by atoms with Crippen molar-refractivity contribution >= 4 is 21.6 Å². The maximum absolute atomic E-state index is 13.3. The molecule has 1 aromatic carbocycles. The van der Waals surface area contributed by atoms with Crippen LogP contribution >= 0.6 is 15.9 Å². The Morgan fingerprint density at radius 1 is 1.44 bits per heavy atom. The zero-order valence-electron chi connectivity index (χ0n) is 10.5. The van der Waals surface area contributed by atoms with E-state index in [9.17, 15) is 8.78 Å². The summed E-state index contributed by atoms with van der Waals surface area (Å²) in [4.78, 5) is 0. The van der Waals surface area contributed by atoms with Crippen LogP contribution in [0.25, 0.3) is 0 Å². The van der Waals surface area contributed by atoms with Crippen molar-refractivity contribution in [1.82, 2.24) is 0 Å². The van der Waals surface area contributed by atoms with Gasteiger partial charge in [-0.15, -0.1) is 0 Å². The molecule has 0 spiro atoms. The quantitative estimate of drug-likeness (QED) is 0.827. The topological polar surface area (TPSA) is 12.0 Å². The summed E-state index contributed by atoms with van der Waals surface area (Å²) in [6.45, 7) is 2.65. The number of benzene rings is 1. The van der Waals surface area contributed by atoms with Crippen molar-refractivity contribution in [2.45, 2.75) is 38.5 Å². The summed E-state index contributed by atoms with van der Waals surface area (Å²) in [6.07, 6.45) is 1.61. The highest BCUT2D eigenvalue weighted by molar-refractivity contribution is 9.10. The van der Waals surface area contributed by atoms with Crippen LogP contribution in [0.4, 0.5) is 14.5 Å². The summed E-state index contributed by atoms with van der Waals surface area (Å²) >= 11 is 3.47. The van der Waals surface area contributed by atoms with Gasteiger partial charge >= 0.3 is 0 Å². The second-order valence-electron chi connectivity index (χ2n) is 5.16. The highest BCUT2D eigenvalue weighted by Crippen LogP contribution is 2.36. The molecule has 100 valence electrons. The Morgan fingerprint density at radius 2 is 2.22 bits per heavy atom. The molecule has 0 bridgehead atoms. The fourth-order valence-electron chi connectivity index (χ4n) is 2.42. The van der Waals surface area contributed by atoms with Gasteiger partial charge in [-0.05, 0) is 43.4 Å². The van der Waals surface area contributed by atoms with Gasteiger partial charge in [-0.2, -0.15) is 0 Å². The number of anilines is 1. The van der Waals surface area contributed by atoms with E-state index in [0.29, 0.717) is 13.0 Å². The maximum atomic E-state index is 13.3. The SMILES string of the molecule is Cc1ccc(NCC2CCCC(F)(F)C2)cc1Br. The predicted octanol–water partition coefficient (Wildman–Crippen LogP) is 4.99. The van der Waals surface area contributed by atoms with Gasteiger partial charge in [0, 0.05) is 29.5 Å². The molecule has 18 heavy (non-hydrogen) atoms. The monoisotopic (exact) mass is 317 g/mol. The predicted molar refractivity (Wildman–Crippen MR) is 74.3 cm³/mol. The fourth-order valence-corrected chi connectivity index (χ4v) is 2.79. The minimum absolute atomic E-state index is 0.0209. The molecular formula is C14H18BrF2N. The third-order valence-electron chi connectivity index (χ3n) is 3.51. The van der Waals surface area contributed by atoms with E-state index in [1.54, 1.807) is 0 Å². The fraction of sp³-hybridized carbons (Fsp3) is 0.571. The maximum Gasteiger partial charge on any atom is 0.248 e. The number of nitrogens with one attached hydrogen (secondary N) is 1. The first-order valence-electron chi connectivity index (χ1n) is 6.34. The zero-order chi connectivity index (χ0) is 13.2. The first-order chi connectivity index (χ1) is 8.46. The largest absolute Gasteiger partial charge is 0.385 e. The van der Waals surface area contributed by atoms with Crippen molar-refractivity contribution in [2.75, 3.05) is 11.9 Å². The molecule has 0 radical (unpaired) electrons. The zero-order valence-corrected chi connectivity index (χ0v) is 12.1. The molecule has 0 heterocycles. The third-order valence-corrected chi connectivity index (χ3v) is 4.36. The number of alkyl halides is 2. The Labute approximate surface area is 115 Å². The van der Waals surface area contributed by atoms with Gasteiger partial charge in [0.1, 0.15) is 0 Å². The second-order valence-corrected chi connectivity index (χ2v) is 6.02. The molecular weight excluding hydrogens is 300 g/mol. The van der Waals surface area contributed by atoms with Crippen LogP contribution in [0.2, 0.25) is 0 Å². The molecule has 0 aromatic heterocycles. The summed E-state index contributed by atoms with van der Waals surface area (Å²) in [5.74, 6) is -2.38. The lowest BCUT2D eigenvalue weighted by Gasteiger charge is -2.29. The Morgan fingerprint density at radius 3 is 2.89 bits per heavy atom. The smallest absolute Gasteiger partial charge is 0.248 e. The molecule has 4 heteroatoms. The Bertz CT molecular complexity index is 420. The highest BCUT2D eigenvalue weighted by atomic mass is 79.9. The minimum atomic E-state index is -2.46. The lowest BCUT2D eigenvalue weighted by atomic mass is 9.86. The van der Waals surface area contributed by atoms with Crippen LogP contribution in [0.5, 0.6) is 0 Å². The molecule has 1 nitrogen and oxygen atoms in total. The number of hydrogen-bond donors (Lipinski definition) is 1. The van der Waals surface area contributed by atoms with Crippen molar-refractivity contribution in [3.8, 4) is 0 Å². The molecule has 1 fully saturated rings. The van der Waals surface area contributed by atoms with Gasteiger partial charge in [0.2, 0.25) is 5.92 Å². The van der Waals surface area contributed by atoms with Gasteiger partial charge < -0.3 is 5.32 Å². The minimum Gasteiger partial charge on any atom is -0.385 e. The van der Waals surface area contributed by atoms with E-state index in [1.165, 1.54) is 5.56 Å². The second kappa shape index (κ2) is 5.55. The molecule has 1 saturated carbocycles. The van der Waals surface area contributed by atoms with Crippen molar-refractivity contribution in [2.24, 2.45) is 5.92 Å². The number of hydrogen-bond acceptors (Lipinski definition) is 1. The van der Waals surface area contributed by atoms with Crippen LogP contribution in [-0.4, -0.2) is 12.5 Å². The summed E-state index contributed by atoms with van der Waals surface area (Å²) in [7, 11) is 0. The van der Waals surface area contributed by atoms with Crippen LogP contribution in [0.15, 0.2) is 22.7 Å². The number of halogens is 3. The van der Waals surface area contributed by atoms with Gasteiger partial charge in [-0.3, -0.25) is 0 Å². The molecule has 1 atom stereocenters. The van der Waals surface area contributed by atoms with Gasteiger partial charge in [-0.1, -0.05) is 22.0 Å². The van der Waals surface area contributed by atoms with E-state index in [-0.39, 0.29) is 18.8 Å². The van der Waals surface area contributed by atoms with E-state index in [2.05, 4.69) is 21.2 Å². The van der Waals surface area contributed by atoms with Gasteiger partial charge in [-0.25, -0.2) is 8.78 Å². The normalized spacial score (nSPS) is 22.8. The van der Waals surface area contributed by atoms with E-state index in [1.807, 2.05) is 25.1 Å². The highest BCUT2D eigenvalue weighted by Gasteiger charge is 2.35. The summed E-state index contributed by atoms with van der Waals surface area (Å²) < 4.78 is 27.6. The molecule has 0 amide bonds. The number of aryl methyl sites for hydroxylation is 1. The lowest BCUT2D eigenvalue weighted by molar-refractivity contribution is -0.0502. The van der Waals surface area contributed by atoms with Crippen molar-refractivity contribution < 1.29 is 8.78 Å². The summed E-state index contributed by atoms with van der Waals surface area (Å²) in [5, 5.41) is 3.26. The van der Waals surface area contributed by atoms with Gasteiger partial charge in [0.05, 0.1) is 0 Å². The van der Waals surface area contributed by atoms with Crippen LogP contribution in [0.1, 0.15) is 31.2 Å². The van der Waals surface area contributed by atoms with E-state index in [0.717, 1.165) is 16.6 Å². The third kappa shape index (κ3) is 3.67. The Balaban J connectivity index is 1.89. The lowest BCUT2D eigenvalue weighted by Crippen LogP contribution is -2.29. The summed E-state index contributed by atoms with van der Waals surface area (Å²) in [6, 6.07) is 6.00. The van der Waals surface area contributed by atoms with Crippen LogP contribution in [-0.2, 0) is 0 Å². The molecule has 1 N–H and O–H groups in total. The Kier molecular flexibility index (Phi) is 4.25. The Hall–Kier alpha value is -0.640. The van der Waals surface area contributed by atoms with Crippen molar-refractivity contribution in [1.29, 1.82) is 0 Å². The average Bonchev–Trinajstić information content (AvgIpc) is 2.29. The van der Waals surface area contributed by atoms with Crippen LogP contribution in [0.3, 0.4) is 0 Å². The van der Waals surface area contributed by atoms with E-state index < -0.39 is 5.92 Å². The summed E-state index contributed by atoms with van der Waals surface area (Å²) in [5.41, 5.74) is 2.16. The first kappa shape index (κ1) is 13.8.